The molecule has 0 aliphatic rings. The fraction of sp³-hybridized carbons (Fsp3) is 0.136. The Bertz CT molecular complexity index is 1250. The molecule has 0 aliphatic heterocycles. The highest BCUT2D eigenvalue weighted by Gasteiger charge is 2.20. The van der Waals surface area contributed by atoms with E-state index < -0.39 is 16.6 Å². The first-order valence-electron chi connectivity index (χ1n) is 9.27. The van der Waals surface area contributed by atoms with Crippen molar-refractivity contribution >= 4 is 57.4 Å². The first kappa shape index (κ1) is 23.5. The minimum absolute atomic E-state index is 0.117. The van der Waals surface area contributed by atoms with Crippen LogP contribution in [0, 0.1) is 10.1 Å². The van der Waals surface area contributed by atoms with Crippen molar-refractivity contribution < 1.29 is 19.9 Å². The van der Waals surface area contributed by atoms with E-state index in [1.807, 2.05) is 17.5 Å². The van der Waals surface area contributed by atoms with Crippen LogP contribution in [-0.4, -0.2) is 38.2 Å². The lowest BCUT2D eigenvalue weighted by atomic mass is 10.0. The molecule has 0 unspecified atom stereocenters. The molecule has 0 aliphatic carbocycles. The zero-order valence-corrected chi connectivity index (χ0v) is 19.1. The summed E-state index contributed by atoms with van der Waals surface area (Å²) in [5.74, 6) is -1.26. The number of carbonyl (C=O) groups is 1. The summed E-state index contributed by atoms with van der Waals surface area (Å²) in [7, 11) is 0. The smallest absolute Gasteiger partial charge is 0.342 e. The van der Waals surface area contributed by atoms with Crippen molar-refractivity contribution in [2.45, 2.75) is 13.3 Å². The van der Waals surface area contributed by atoms with E-state index in [1.165, 1.54) is 23.5 Å². The summed E-state index contributed by atoms with van der Waals surface area (Å²) >= 11 is 12.8. The van der Waals surface area contributed by atoms with Gasteiger partial charge in [-0.25, -0.2) is 4.79 Å². The number of benzene rings is 2. The highest BCUT2D eigenvalue weighted by molar-refractivity contribution is 7.80. The average molecular weight is 489 g/mol. The van der Waals surface area contributed by atoms with Gasteiger partial charge in [-0.2, -0.15) is 0 Å². The second-order valence-corrected chi connectivity index (χ2v) is 8.76. The molecular weight excluding hydrogens is 472 g/mol. The van der Waals surface area contributed by atoms with E-state index in [-0.39, 0.29) is 24.3 Å². The van der Waals surface area contributed by atoms with Crippen molar-refractivity contribution in [2.75, 3.05) is 6.54 Å². The number of thiocarbonyl (C=S) groups is 1. The van der Waals surface area contributed by atoms with Crippen LogP contribution >= 0.6 is 35.2 Å². The van der Waals surface area contributed by atoms with Gasteiger partial charge < -0.3 is 10.2 Å². The van der Waals surface area contributed by atoms with Gasteiger partial charge in [-0.15, -0.1) is 11.3 Å². The summed E-state index contributed by atoms with van der Waals surface area (Å²) in [4.78, 5) is 27.2. The molecule has 2 aromatic carbocycles. The average Bonchev–Trinajstić information content (AvgIpc) is 3.13. The molecule has 2 N–H and O–H groups in total. The van der Waals surface area contributed by atoms with Gasteiger partial charge in [-0.3, -0.25) is 15.1 Å². The third kappa shape index (κ3) is 5.37. The Hall–Kier alpha value is -3.14. The number of thiophene rings is 1. The number of nitrogens with zero attached hydrogens (tertiary/aromatic N) is 2. The van der Waals surface area contributed by atoms with E-state index in [9.17, 15) is 25.1 Å². The summed E-state index contributed by atoms with van der Waals surface area (Å²) < 4.78 is 0. The highest BCUT2D eigenvalue weighted by atomic mass is 35.5. The molecule has 7 nitrogen and oxygen atoms in total. The normalized spacial score (nSPS) is 11.4. The molecule has 0 fully saturated rings. The number of aromatic hydroxyl groups is 1. The fourth-order valence-corrected chi connectivity index (χ4v) is 4.47. The van der Waals surface area contributed by atoms with E-state index in [0.29, 0.717) is 31.6 Å². The van der Waals surface area contributed by atoms with E-state index in [2.05, 4.69) is 4.99 Å². The number of nitro benzene ring substituents is 1. The van der Waals surface area contributed by atoms with E-state index in [1.54, 1.807) is 19.1 Å². The predicted octanol–water partition coefficient (Wildman–Crippen LogP) is 5.80. The van der Waals surface area contributed by atoms with Gasteiger partial charge in [0.15, 0.2) is 0 Å². The Morgan fingerprint density at radius 2 is 2.00 bits per heavy atom. The maximum Gasteiger partial charge on any atom is 0.342 e. The van der Waals surface area contributed by atoms with Gasteiger partial charge in [0, 0.05) is 39.0 Å². The second kappa shape index (κ2) is 9.99. The molecule has 0 atom stereocenters. The zero-order chi connectivity index (χ0) is 23.4. The molecule has 0 radical (unpaired) electrons. The quantitative estimate of drug-likeness (QED) is 0.179. The van der Waals surface area contributed by atoms with Crippen molar-refractivity contribution in [1.29, 1.82) is 0 Å². The maximum absolute atomic E-state index is 11.3. The number of aromatic carboxylic acids is 1. The van der Waals surface area contributed by atoms with Gasteiger partial charge >= 0.3 is 5.97 Å². The van der Waals surface area contributed by atoms with Gasteiger partial charge in [0.25, 0.3) is 5.69 Å². The Kier molecular flexibility index (Phi) is 7.34. The first-order valence-corrected chi connectivity index (χ1v) is 10.9. The molecule has 0 bridgehead atoms. The molecular formula is C22H17ClN2O5S2. The topological polar surface area (TPSA) is 113 Å². The number of hydrogen-bond donors (Lipinski definition) is 2. The number of aliphatic imine (C=N–C) groups is 1. The minimum Gasteiger partial charge on any atom is -0.506 e. The van der Waals surface area contributed by atoms with Crippen LogP contribution in [0.25, 0.3) is 10.4 Å². The van der Waals surface area contributed by atoms with E-state index >= 15 is 0 Å². The molecule has 32 heavy (non-hydrogen) atoms. The second-order valence-electron chi connectivity index (χ2n) is 6.87. The standard InChI is InChI=1S/C22H17ClN2O5S2/c1-12(18-11-32-21(20(18)26)14-3-2-4-15(23)9-14)24-10-16(31)7-13-5-6-19(25(29)30)17(8-13)22(27)28/h2-6,8-9,11,26H,7,10H2,1H3,(H,27,28). The monoisotopic (exact) mass is 488 g/mol. The van der Waals surface area contributed by atoms with Crippen LogP contribution in [0.4, 0.5) is 5.69 Å². The molecule has 10 heteroatoms. The minimum atomic E-state index is -1.37. The first-order chi connectivity index (χ1) is 15.2. The van der Waals surface area contributed by atoms with Crippen molar-refractivity contribution in [1.82, 2.24) is 0 Å². The van der Waals surface area contributed by atoms with Crippen molar-refractivity contribution in [3.05, 3.63) is 79.7 Å². The summed E-state index contributed by atoms with van der Waals surface area (Å²) in [6, 6.07) is 11.1. The Balaban J connectivity index is 1.73. The summed E-state index contributed by atoms with van der Waals surface area (Å²) in [5.41, 5.74) is 1.70. The Morgan fingerprint density at radius 1 is 1.25 bits per heavy atom. The molecule has 0 spiro atoms. The molecule has 1 aromatic heterocycles. The van der Waals surface area contributed by atoms with Crippen LogP contribution in [0.15, 0.2) is 52.8 Å². The van der Waals surface area contributed by atoms with Crippen LogP contribution < -0.4 is 0 Å². The van der Waals surface area contributed by atoms with E-state index in [4.69, 9.17) is 23.8 Å². The van der Waals surface area contributed by atoms with Crippen LogP contribution in [-0.2, 0) is 6.42 Å². The fourth-order valence-electron chi connectivity index (χ4n) is 3.04. The summed E-state index contributed by atoms with van der Waals surface area (Å²) in [6.07, 6.45) is 0.244. The number of rotatable bonds is 8. The molecule has 0 saturated heterocycles. The third-order valence-electron chi connectivity index (χ3n) is 4.62. The van der Waals surface area contributed by atoms with Crippen LogP contribution in [0.5, 0.6) is 5.75 Å². The summed E-state index contributed by atoms with van der Waals surface area (Å²) in [6.45, 7) is 1.95. The lowest BCUT2D eigenvalue weighted by molar-refractivity contribution is -0.385. The van der Waals surface area contributed by atoms with Gasteiger partial charge in [-0.05, 0) is 36.2 Å². The summed E-state index contributed by atoms with van der Waals surface area (Å²) in [5, 5.41) is 33.2. The molecule has 0 saturated carbocycles. The number of carboxylic acid groups (broad SMARTS) is 1. The van der Waals surface area contributed by atoms with Crippen LogP contribution in [0.3, 0.4) is 0 Å². The SMILES string of the molecule is CC(=NCC(=S)Cc1ccc([N+](=O)[O-])c(C(=O)O)c1)c1csc(-c2cccc(Cl)c2)c1O. The molecule has 164 valence electrons. The third-order valence-corrected chi connectivity index (χ3v) is 6.15. The van der Waals surface area contributed by atoms with Crippen molar-refractivity contribution in [3.63, 3.8) is 0 Å². The number of nitro groups is 1. The number of halogens is 1. The van der Waals surface area contributed by atoms with Crippen molar-refractivity contribution in [3.8, 4) is 16.2 Å². The van der Waals surface area contributed by atoms with Crippen LogP contribution in [0.2, 0.25) is 5.02 Å². The highest BCUT2D eigenvalue weighted by Crippen LogP contribution is 2.39. The maximum atomic E-state index is 11.3. The van der Waals surface area contributed by atoms with E-state index in [0.717, 1.165) is 11.6 Å². The largest absolute Gasteiger partial charge is 0.506 e. The van der Waals surface area contributed by atoms with Gasteiger partial charge in [-0.1, -0.05) is 42.0 Å². The molecule has 1 heterocycles. The van der Waals surface area contributed by atoms with Gasteiger partial charge in [0.1, 0.15) is 11.3 Å². The molecule has 3 rings (SSSR count). The zero-order valence-electron chi connectivity index (χ0n) is 16.7. The Labute approximate surface area is 197 Å². The van der Waals surface area contributed by atoms with Crippen molar-refractivity contribution in [2.24, 2.45) is 4.99 Å². The molecule has 3 aromatic rings. The van der Waals surface area contributed by atoms with Crippen LogP contribution in [0.1, 0.15) is 28.4 Å². The lowest BCUT2D eigenvalue weighted by Gasteiger charge is -2.06. The number of hydrogen-bond acceptors (Lipinski definition) is 7. The van der Waals surface area contributed by atoms with Gasteiger partial charge in [0.2, 0.25) is 0 Å². The number of carboxylic acids is 1. The predicted molar refractivity (Wildman–Crippen MR) is 130 cm³/mol. The Morgan fingerprint density at radius 3 is 2.66 bits per heavy atom. The molecule has 0 amide bonds. The lowest BCUT2D eigenvalue weighted by Crippen LogP contribution is -2.09. The van der Waals surface area contributed by atoms with Gasteiger partial charge in [0.05, 0.1) is 16.3 Å².